The molecule has 4 nitrogen and oxygen atoms in total. The van der Waals surface area contributed by atoms with Crippen LogP contribution in [-0.2, 0) is 4.79 Å². The van der Waals surface area contributed by atoms with Crippen molar-refractivity contribution in [3.8, 4) is 0 Å². The van der Waals surface area contributed by atoms with Crippen LogP contribution in [0.25, 0.3) is 0 Å². The number of benzene rings is 2. The molecule has 0 heterocycles. The molecule has 0 spiro atoms. The lowest BCUT2D eigenvalue weighted by atomic mass is 10.1. The van der Waals surface area contributed by atoms with Crippen LogP contribution in [0.4, 0.5) is 27.6 Å². The summed E-state index contributed by atoms with van der Waals surface area (Å²) in [4.78, 5) is 24.7. The molecular weight excluding hydrogens is 525 g/mol. The number of carbonyl (C=O) groups is 2. The fourth-order valence-electron chi connectivity index (χ4n) is 3.09. The van der Waals surface area contributed by atoms with Crippen molar-refractivity contribution >= 4 is 63.9 Å². The smallest absolute Gasteiger partial charge is 0.343 e. The van der Waals surface area contributed by atoms with Gasteiger partial charge in [-0.15, -0.1) is 23.2 Å². The lowest BCUT2D eigenvalue weighted by molar-refractivity contribution is -0.123. The SMILES string of the molecule is O=C(NCC(F)(F)F)c1cc(NC(=O)C2C(c3ccc(F)c(Cl)c3F)C2(Cl)Cl)ccc1Cl. The Hall–Kier alpha value is -1.81. The van der Waals surface area contributed by atoms with Gasteiger partial charge in [0.15, 0.2) is 0 Å². The van der Waals surface area contributed by atoms with Gasteiger partial charge in [-0.3, -0.25) is 9.59 Å². The molecule has 2 unspecified atom stereocenters. The lowest BCUT2D eigenvalue weighted by Crippen LogP contribution is -2.33. The predicted molar refractivity (Wildman–Crippen MR) is 111 cm³/mol. The molecule has 13 heteroatoms. The van der Waals surface area contributed by atoms with E-state index < -0.39 is 57.4 Å². The van der Waals surface area contributed by atoms with E-state index in [1.165, 1.54) is 12.1 Å². The minimum atomic E-state index is -4.63. The van der Waals surface area contributed by atoms with Gasteiger partial charge in [0, 0.05) is 11.6 Å². The number of anilines is 1. The average Bonchev–Trinajstić information content (AvgIpc) is 3.27. The van der Waals surface area contributed by atoms with Crippen LogP contribution in [0.1, 0.15) is 21.8 Å². The molecule has 0 aromatic heterocycles. The van der Waals surface area contributed by atoms with Gasteiger partial charge in [-0.05, 0) is 29.8 Å². The molecule has 2 aromatic carbocycles. The first-order valence-corrected chi connectivity index (χ1v) is 10.2. The van der Waals surface area contributed by atoms with E-state index in [2.05, 4.69) is 5.32 Å². The number of alkyl halides is 5. The molecule has 172 valence electrons. The predicted octanol–water partition coefficient (Wildman–Crippen LogP) is 6.09. The van der Waals surface area contributed by atoms with E-state index in [9.17, 15) is 31.5 Å². The molecule has 2 atom stereocenters. The zero-order chi connectivity index (χ0) is 24.0. The molecule has 2 aromatic rings. The van der Waals surface area contributed by atoms with Crippen LogP contribution < -0.4 is 10.6 Å². The van der Waals surface area contributed by atoms with E-state index in [-0.39, 0.29) is 21.8 Å². The quantitative estimate of drug-likeness (QED) is 0.276. The van der Waals surface area contributed by atoms with Gasteiger partial charge < -0.3 is 10.6 Å². The van der Waals surface area contributed by atoms with E-state index in [0.717, 1.165) is 18.2 Å². The lowest BCUT2D eigenvalue weighted by Gasteiger charge is -2.11. The van der Waals surface area contributed by atoms with Crippen molar-refractivity contribution in [1.82, 2.24) is 5.32 Å². The van der Waals surface area contributed by atoms with Gasteiger partial charge in [-0.1, -0.05) is 29.3 Å². The molecular formula is C19H11Cl4F5N2O2. The minimum Gasteiger partial charge on any atom is -0.343 e. The van der Waals surface area contributed by atoms with Crippen molar-refractivity contribution in [3.63, 3.8) is 0 Å². The van der Waals surface area contributed by atoms with E-state index in [1.54, 1.807) is 5.32 Å². The Morgan fingerprint density at radius 1 is 1.06 bits per heavy atom. The van der Waals surface area contributed by atoms with Gasteiger partial charge in [-0.25, -0.2) is 8.78 Å². The average molecular weight is 536 g/mol. The van der Waals surface area contributed by atoms with Crippen LogP contribution in [0, 0.1) is 17.6 Å². The second-order valence-electron chi connectivity index (χ2n) is 6.88. The molecule has 0 radical (unpaired) electrons. The first-order valence-electron chi connectivity index (χ1n) is 8.70. The van der Waals surface area contributed by atoms with Crippen molar-refractivity contribution < 1.29 is 31.5 Å². The minimum absolute atomic E-state index is 0.00366. The first-order chi connectivity index (χ1) is 14.7. The Bertz CT molecular complexity index is 1090. The Kier molecular flexibility index (Phi) is 6.87. The van der Waals surface area contributed by atoms with Gasteiger partial charge in [0.2, 0.25) is 5.91 Å². The third kappa shape index (κ3) is 5.06. The molecule has 1 fully saturated rings. The summed E-state index contributed by atoms with van der Waals surface area (Å²) in [5.41, 5.74) is -0.478. The molecule has 0 aliphatic heterocycles. The van der Waals surface area contributed by atoms with Crippen LogP contribution >= 0.6 is 46.4 Å². The normalized spacial score (nSPS) is 19.4. The Morgan fingerprint density at radius 2 is 1.72 bits per heavy atom. The van der Waals surface area contributed by atoms with Crippen LogP contribution in [0.5, 0.6) is 0 Å². The molecule has 0 saturated heterocycles. The van der Waals surface area contributed by atoms with Gasteiger partial charge in [0.25, 0.3) is 5.91 Å². The summed E-state index contributed by atoms with van der Waals surface area (Å²) >= 11 is 23.7. The largest absolute Gasteiger partial charge is 0.405 e. The monoisotopic (exact) mass is 534 g/mol. The Balaban J connectivity index is 1.78. The molecule has 1 aliphatic rings. The Labute approximate surface area is 198 Å². The highest BCUT2D eigenvalue weighted by atomic mass is 35.5. The first kappa shape index (κ1) is 24.8. The standard InChI is InChI=1S/C19H11Cl4F5N2O2/c20-10-3-1-7(5-9(10)16(31)29-6-18(26,27)28)30-17(32)13-12(19(13,22)23)8-2-4-11(24)14(21)15(8)25/h1-5,12-13H,6H2,(H,29,31)(H,30,32). The van der Waals surface area contributed by atoms with Gasteiger partial charge in [0.1, 0.15) is 27.5 Å². The summed E-state index contributed by atoms with van der Waals surface area (Å²) in [6.45, 7) is -1.57. The van der Waals surface area contributed by atoms with E-state index >= 15 is 0 Å². The third-order valence-corrected chi connectivity index (χ3v) is 6.28. The van der Waals surface area contributed by atoms with Gasteiger partial charge >= 0.3 is 6.18 Å². The van der Waals surface area contributed by atoms with Gasteiger partial charge in [0.05, 0.1) is 16.5 Å². The van der Waals surface area contributed by atoms with Crippen LogP contribution in [0.15, 0.2) is 30.3 Å². The number of halogens is 9. The Morgan fingerprint density at radius 3 is 2.34 bits per heavy atom. The molecule has 1 aliphatic carbocycles. The molecule has 32 heavy (non-hydrogen) atoms. The summed E-state index contributed by atoms with van der Waals surface area (Å²) in [7, 11) is 0. The van der Waals surface area contributed by atoms with E-state index in [0.29, 0.717) is 0 Å². The second kappa shape index (κ2) is 8.85. The van der Waals surface area contributed by atoms with Crippen molar-refractivity contribution in [2.45, 2.75) is 16.4 Å². The molecule has 1 saturated carbocycles. The maximum atomic E-state index is 14.3. The summed E-state index contributed by atoms with van der Waals surface area (Å²) < 4.78 is 63.0. The van der Waals surface area contributed by atoms with Crippen LogP contribution in [-0.4, -0.2) is 28.9 Å². The fourth-order valence-corrected chi connectivity index (χ4v) is 4.28. The van der Waals surface area contributed by atoms with Crippen molar-refractivity contribution in [2.24, 2.45) is 5.92 Å². The molecule has 0 bridgehead atoms. The summed E-state index contributed by atoms with van der Waals surface area (Å²) in [5, 5.41) is 3.14. The zero-order valence-electron chi connectivity index (χ0n) is 15.5. The fraction of sp³-hybridized carbons (Fsp3) is 0.263. The molecule has 2 N–H and O–H groups in total. The number of hydrogen-bond acceptors (Lipinski definition) is 2. The van der Waals surface area contributed by atoms with Crippen molar-refractivity contribution in [2.75, 3.05) is 11.9 Å². The number of amides is 2. The molecule has 2 amide bonds. The second-order valence-corrected chi connectivity index (χ2v) is 9.11. The number of carbonyl (C=O) groups excluding carboxylic acids is 2. The maximum Gasteiger partial charge on any atom is 0.405 e. The topological polar surface area (TPSA) is 58.2 Å². The third-order valence-electron chi connectivity index (χ3n) is 4.66. The van der Waals surface area contributed by atoms with Crippen molar-refractivity contribution in [1.29, 1.82) is 0 Å². The highest BCUT2D eigenvalue weighted by Gasteiger charge is 2.68. The van der Waals surface area contributed by atoms with E-state index in [1.807, 2.05) is 0 Å². The van der Waals surface area contributed by atoms with Crippen LogP contribution in [0.2, 0.25) is 10.0 Å². The zero-order valence-corrected chi connectivity index (χ0v) is 18.5. The van der Waals surface area contributed by atoms with E-state index in [4.69, 9.17) is 46.4 Å². The summed E-state index contributed by atoms with van der Waals surface area (Å²) in [6.07, 6.45) is -4.63. The van der Waals surface area contributed by atoms with Crippen LogP contribution in [0.3, 0.4) is 0 Å². The number of nitrogens with one attached hydrogen (secondary N) is 2. The number of hydrogen-bond donors (Lipinski definition) is 2. The highest BCUT2D eigenvalue weighted by Crippen LogP contribution is 2.65. The van der Waals surface area contributed by atoms with Crippen molar-refractivity contribution in [3.05, 3.63) is 63.1 Å². The summed E-state index contributed by atoms with van der Waals surface area (Å²) in [6, 6.07) is 5.51. The van der Waals surface area contributed by atoms with Gasteiger partial charge in [-0.2, -0.15) is 13.2 Å². The summed E-state index contributed by atoms with van der Waals surface area (Å²) in [5.74, 6) is -6.20. The highest BCUT2D eigenvalue weighted by molar-refractivity contribution is 6.53. The maximum absolute atomic E-state index is 14.3. The number of rotatable bonds is 5. The molecule has 3 rings (SSSR count).